The molecule has 10 nitrogen and oxygen atoms in total. The molecule has 0 saturated heterocycles. The van der Waals surface area contributed by atoms with Crippen LogP contribution in [0.15, 0.2) is 12.2 Å². The number of unbranched alkanes of at least 4 members (excludes halogenated alkanes) is 34. The SMILES string of the molecule is CCCCCCCC/C=C/CCCCCCCCCCCC(=O)O[C@H](COC(=O)CCCCCCCCCCCCCCCCCCCCCC)COP(=O)(O)OC[C@@H](O)CO. The Morgan fingerprint density at radius 1 is 0.468 bits per heavy atom. The zero-order chi connectivity index (χ0) is 45.5. The lowest BCUT2D eigenvalue weighted by Gasteiger charge is -2.20. The van der Waals surface area contributed by atoms with Crippen LogP contribution in [0.3, 0.4) is 0 Å². The van der Waals surface area contributed by atoms with Crippen LogP contribution in [0.4, 0.5) is 0 Å². The van der Waals surface area contributed by atoms with Gasteiger partial charge in [0.25, 0.3) is 0 Å². The van der Waals surface area contributed by atoms with Crippen LogP contribution in [-0.4, -0.2) is 65.7 Å². The molecule has 3 atom stereocenters. The third-order valence-electron chi connectivity index (χ3n) is 11.7. The summed E-state index contributed by atoms with van der Waals surface area (Å²) < 4.78 is 32.9. The van der Waals surface area contributed by atoms with E-state index in [1.165, 1.54) is 193 Å². The molecule has 62 heavy (non-hydrogen) atoms. The fraction of sp³-hybridized carbons (Fsp3) is 0.922. The van der Waals surface area contributed by atoms with Crippen molar-refractivity contribution in [2.24, 2.45) is 0 Å². The van der Waals surface area contributed by atoms with Crippen molar-refractivity contribution in [3.63, 3.8) is 0 Å². The molecular formula is C51H99O10P. The van der Waals surface area contributed by atoms with Crippen molar-refractivity contribution in [2.45, 2.75) is 276 Å². The molecule has 0 aliphatic heterocycles. The minimum absolute atomic E-state index is 0.187. The van der Waals surface area contributed by atoms with Gasteiger partial charge in [-0.15, -0.1) is 0 Å². The summed E-state index contributed by atoms with van der Waals surface area (Å²) in [6.45, 7) is 2.44. The smallest absolute Gasteiger partial charge is 0.462 e. The van der Waals surface area contributed by atoms with Crippen molar-refractivity contribution in [1.82, 2.24) is 0 Å². The summed E-state index contributed by atoms with van der Waals surface area (Å²) in [7, 11) is -4.62. The van der Waals surface area contributed by atoms with Gasteiger partial charge in [0.1, 0.15) is 12.7 Å². The van der Waals surface area contributed by atoms with Gasteiger partial charge in [-0.2, -0.15) is 0 Å². The molecule has 0 spiro atoms. The summed E-state index contributed by atoms with van der Waals surface area (Å²) >= 11 is 0. The Bertz CT molecular complexity index is 1040. The van der Waals surface area contributed by atoms with Gasteiger partial charge < -0.3 is 24.6 Å². The van der Waals surface area contributed by atoms with E-state index >= 15 is 0 Å². The molecule has 0 saturated carbocycles. The first-order valence-electron chi connectivity index (χ1n) is 26.1. The van der Waals surface area contributed by atoms with Gasteiger partial charge in [-0.05, 0) is 38.5 Å². The topological polar surface area (TPSA) is 149 Å². The minimum Gasteiger partial charge on any atom is -0.462 e. The van der Waals surface area contributed by atoms with E-state index in [1.54, 1.807) is 0 Å². The monoisotopic (exact) mass is 903 g/mol. The van der Waals surface area contributed by atoms with Gasteiger partial charge in [0.15, 0.2) is 6.10 Å². The first-order valence-corrected chi connectivity index (χ1v) is 27.6. The van der Waals surface area contributed by atoms with Crippen LogP contribution >= 0.6 is 7.82 Å². The molecule has 3 N–H and O–H groups in total. The molecule has 0 radical (unpaired) electrons. The van der Waals surface area contributed by atoms with Gasteiger partial charge in [-0.3, -0.25) is 18.6 Å². The molecule has 0 aliphatic carbocycles. The molecule has 0 aromatic carbocycles. The Morgan fingerprint density at radius 3 is 1.16 bits per heavy atom. The number of phosphoric ester groups is 1. The second kappa shape index (κ2) is 47.7. The fourth-order valence-electron chi connectivity index (χ4n) is 7.64. The molecule has 0 amide bonds. The van der Waals surface area contributed by atoms with Crippen LogP contribution in [0.5, 0.6) is 0 Å². The van der Waals surface area contributed by atoms with Gasteiger partial charge >= 0.3 is 19.8 Å². The minimum atomic E-state index is -4.62. The maximum atomic E-state index is 12.7. The number of hydrogen-bond donors (Lipinski definition) is 3. The van der Waals surface area contributed by atoms with Gasteiger partial charge in [0.2, 0.25) is 0 Å². The van der Waals surface area contributed by atoms with E-state index in [-0.39, 0.29) is 19.4 Å². The Balaban J connectivity index is 4.13. The summed E-state index contributed by atoms with van der Waals surface area (Å²) in [4.78, 5) is 35.2. The number of hydrogen-bond acceptors (Lipinski definition) is 9. The number of aliphatic hydroxyl groups excluding tert-OH is 2. The Hall–Kier alpha value is -1.29. The van der Waals surface area contributed by atoms with E-state index in [2.05, 4.69) is 26.0 Å². The predicted octanol–water partition coefficient (Wildman–Crippen LogP) is 14.7. The van der Waals surface area contributed by atoms with Crippen LogP contribution < -0.4 is 0 Å². The van der Waals surface area contributed by atoms with Crippen molar-refractivity contribution in [2.75, 3.05) is 26.4 Å². The molecule has 0 bridgehead atoms. The highest BCUT2D eigenvalue weighted by atomic mass is 31.2. The maximum absolute atomic E-state index is 12.7. The summed E-state index contributed by atoms with van der Waals surface area (Å²) in [5.74, 6) is -0.909. The first kappa shape index (κ1) is 60.7. The number of ether oxygens (including phenoxy) is 2. The quantitative estimate of drug-likeness (QED) is 0.0233. The van der Waals surface area contributed by atoms with E-state index in [4.69, 9.17) is 23.6 Å². The van der Waals surface area contributed by atoms with Crippen LogP contribution in [0.25, 0.3) is 0 Å². The number of allylic oxidation sites excluding steroid dienone is 2. The van der Waals surface area contributed by atoms with Gasteiger partial charge in [-0.1, -0.05) is 225 Å². The third-order valence-corrected chi connectivity index (χ3v) is 12.6. The molecule has 0 aliphatic rings. The second-order valence-electron chi connectivity index (χ2n) is 17.9. The highest BCUT2D eigenvalue weighted by Gasteiger charge is 2.27. The average Bonchev–Trinajstić information content (AvgIpc) is 3.26. The molecule has 0 fully saturated rings. The number of esters is 2. The van der Waals surface area contributed by atoms with Crippen molar-refractivity contribution in [1.29, 1.82) is 0 Å². The lowest BCUT2D eigenvalue weighted by molar-refractivity contribution is -0.161. The molecule has 368 valence electrons. The second-order valence-corrected chi connectivity index (χ2v) is 19.4. The fourth-order valence-corrected chi connectivity index (χ4v) is 8.43. The molecule has 0 aromatic rings. The Labute approximate surface area is 381 Å². The summed E-state index contributed by atoms with van der Waals surface area (Å²) in [6.07, 6.45) is 48.9. The Morgan fingerprint density at radius 2 is 0.790 bits per heavy atom. The molecule has 0 aromatic heterocycles. The van der Waals surface area contributed by atoms with Crippen LogP contribution in [0.1, 0.15) is 264 Å². The Kier molecular flexibility index (Phi) is 46.7. The molecule has 0 heterocycles. The lowest BCUT2D eigenvalue weighted by Crippen LogP contribution is -2.29. The first-order chi connectivity index (χ1) is 30.2. The van der Waals surface area contributed by atoms with E-state index < -0.39 is 51.8 Å². The van der Waals surface area contributed by atoms with Gasteiger partial charge in [-0.25, -0.2) is 4.57 Å². The zero-order valence-electron chi connectivity index (χ0n) is 40.4. The zero-order valence-corrected chi connectivity index (χ0v) is 41.3. The van der Waals surface area contributed by atoms with Crippen LogP contribution in [0.2, 0.25) is 0 Å². The van der Waals surface area contributed by atoms with E-state index in [9.17, 15) is 24.2 Å². The molecule has 0 rings (SSSR count). The standard InChI is InChI=1S/C51H99O10P/c1-3-5-7-9-11-13-15-17-19-21-23-25-26-28-30-32-34-36-38-40-42-50(54)58-46-49(47-60-62(56,57)59-45-48(53)44-52)61-51(55)43-41-39-37-35-33-31-29-27-24-22-20-18-16-14-12-10-8-6-4-2/h18,20,48-49,52-53H,3-17,19,21-47H2,1-2H3,(H,56,57)/b20-18+/t48-,49+/m0/s1. The normalized spacial score (nSPS) is 13.7. The maximum Gasteiger partial charge on any atom is 0.472 e. The van der Waals surface area contributed by atoms with Crippen molar-refractivity contribution < 1.29 is 47.8 Å². The van der Waals surface area contributed by atoms with E-state index in [1.807, 2.05) is 0 Å². The van der Waals surface area contributed by atoms with Crippen molar-refractivity contribution in [3.05, 3.63) is 12.2 Å². The molecular weight excluding hydrogens is 804 g/mol. The number of rotatable bonds is 50. The van der Waals surface area contributed by atoms with E-state index in [0.717, 1.165) is 32.1 Å². The average molecular weight is 903 g/mol. The number of phosphoric acid groups is 1. The number of aliphatic hydroxyl groups is 2. The largest absolute Gasteiger partial charge is 0.472 e. The van der Waals surface area contributed by atoms with Gasteiger partial charge in [0, 0.05) is 12.8 Å². The lowest BCUT2D eigenvalue weighted by atomic mass is 10.0. The van der Waals surface area contributed by atoms with Crippen LogP contribution in [-0.2, 0) is 32.7 Å². The van der Waals surface area contributed by atoms with Gasteiger partial charge in [0.05, 0.1) is 19.8 Å². The number of carbonyl (C=O) groups is 2. The van der Waals surface area contributed by atoms with Crippen molar-refractivity contribution >= 4 is 19.8 Å². The number of carbonyl (C=O) groups excluding carboxylic acids is 2. The van der Waals surface area contributed by atoms with Crippen molar-refractivity contribution in [3.8, 4) is 0 Å². The predicted molar refractivity (Wildman–Crippen MR) is 256 cm³/mol. The summed E-state index contributed by atoms with van der Waals surface area (Å²) in [6, 6.07) is 0. The third kappa shape index (κ3) is 46.7. The summed E-state index contributed by atoms with van der Waals surface area (Å²) in [5.41, 5.74) is 0. The molecule has 11 heteroatoms. The van der Waals surface area contributed by atoms with Crippen LogP contribution in [0, 0.1) is 0 Å². The highest BCUT2D eigenvalue weighted by Crippen LogP contribution is 2.43. The molecule has 1 unspecified atom stereocenters. The summed E-state index contributed by atoms with van der Waals surface area (Å²) in [5, 5.41) is 18.4. The highest BCUT2D eigenvalue weighted by molar-refractivity contribution is 7.47. The van der Waals surface area contributed by atoms with E-state index in [0.29, 0.717) is 12.8 Å².